The molecule has 1 rings (SSSR count). The lowest BCUT2D eigenvalue weighted by molar-refractivity contribution is -0.136. The predicted molar refractivity (Wildman–Crippen MR) is 45.8 cm³/mol. The fourth-order valence-electron chi connectivity index (χ4n) is 1.02. The van der Waals surface area contributed by atoms with E-state index in [1.54, 1.807) is 0 Å². The number of halogens is 3. The Morgan fingerprint density at radius 2 is 2.14 bits per heavy atom. The molecule has 1 aromatic heterocycles. The van der Waals surface area contributed by atoms with Gasteiger partial charge in [0.2, 0.25) is 0 Å². The molecule has 0 amide bonds. The monoisotopic (exact) mass is 205 g/mol. The van der Waals surface area contributed by atoms with Gasteiger partial charge in [-0.2, -0.15) is 13.2 Å². The largest absolute Gasteiger partial charge is 0.391 e. The molecule has 0 aliphatic rings. The van der Waals surface area contributed by atoms with Crippen LogP contribution in [0.5, 0.6) is 0 Å². The molecule has 0 spiro atoms. The molecule has 0 aliphatic heterocycles. The Morgan fingerprint density at radius 3 is 2.64 bits per heavy atom. The van der Waals surface area contributed by atoms with Crippen LogP contribution in [0.4, 0.5) is 19.0 Å². The van der Waals surface area contributed by atoms with Gasteiger partial charge in [0.25, 0.3) is 0 Å². The van der Waals surface area contributed by atoms with Crippen molar-refractivity contribution in [3.63, 3.8) is 0 Å². The van der Waals surface area contributed by atoms with Crippen molar-refractivity contribution < 1.29 is 13.2 Å². The third-order valence-corrected chi connectivity index (χ3v) is 1.50. The van der Waals surface area contributed by atoms with Crippen LogP contribution in [-0.2, 0) is 0 Å². The third-order valence-electron chi connectivity index (χ3n) is 1.50. The predicted octanol–water partition coefficient (Wildman–Crippen LogP) is 2.23. The highest BCUT2D eigenvalue weighted by atomic mass is 19.4. The number of alkyl halides is 3. The molecule has 6 heteroatoms. The van der Waals surface area contributed by atoms with E-state index in [4.69, 9.17) is 0 Å². The minimum atomic E-state index is -4.16. The lowest BCUT2D eigenvalue weighted by Gasteiger charge is -2.15. The maximum absolute atomic E-state index is 11.9. The van der Waals surface area contributed by atoms with E-state index in [9.17, 15) is 13.2 Å². The first-order valence-electron chi connectivity index (χ1n) is 4.06. The van der Waals surface area contributed by atoms with Crippen LogP contribution >= 0.6 is 0 Å². The summed E-state index contributed by atoms with van der Waals surface area (Å²) in [4.78, 5) is 7.54. The summed E-state index contributed by atoms with van der Waals surface area (Å²) in [5, 5.41) is 2.60. The zero-order valence-corrected chi connectivity index (χ0v) is 7.54. The minimum absolute atomic E-state index is 0.351. The molecule has 1 aromatic rings. The van der Waals surface area contributed by atoms with Crippen LogP contribution in [0.15, 0.2) is 18.6 Å². The van der Waals surface area contributed by atoms with Gasteiger partial charge in [-0.05, 0) is 6.92 Å². The number of rotatable bonds is 3. The molecule has 0 aliphatic carbocycles. The van der Waals surface area contributed by atoms with Gasteiger partial charge in [-0.25, -0.2) is 4.98 Å². The Morgan fingerprint density at radius 1 is 1.43 bits per heavy atom. The molecular formula is C8H10F3N3. The summed E-state index contributed by atoms with van der Waals surface area (Å²) in [6.07, 6.45) is -0.784. The highest BCUT2D eigenvalue weighted by molar-refractivity contribution is 5.30. The molecule has 0 saturated heterocycles. The van der Waals surface area contributed by atoms with Crippen molar-refractivity contribution in [2.45, 2.75) is 25.6 Å². The number of hydrogen-bond donors (Lipinski definition) is 1. The molecule has 1 unspecified atom stereocenters. The summed E-state index contributed by atoms with van der Waals surface area (Å²) >= 11 is 0. The quantitative estimate of drug-likeness (QED) is 0.822. The van der Waals surface area contributed by atoms with E-state index in [1.807, 2.05) is 0 Å². The SMILES string of the molecule is CC(CC(F)(F)F)Nc1cnccn1. The summed E-state index contributed by atoms with van der Waals surface area (Å²) < 4.78 is 35.8. The molecule has 78 valence electrons. The number of nitrogens with zero attached hydrogens (tertiary/aromatic N) is 2. The normalized spacial score (nSPS) is 13.7. The average molecular weight is 205 g/mol. The van der Waals surface area contributed by atoms with E-state index in [-0.39, 0.29) is 0 Å². The molecule has 1 N–H and O–H groups in total. The standard InChI is InChI=1S/C8H10F3N3/c1-6(4-8(9,10)11)14-7-5-12-2-3-13-7/h2-3,5-6H,4H2,1H3,(H,13,14). The van der Waals surface area contributed by atoms with E-state index >= 15 is 0 Å². The van der Waals surface area contributed by atoms with Crippen LogP contribution in [0.2, 0.25) is 0 Å². The molecule has 0 fully saturated rings. The molecule has 0 aromatic carbocycles. The number of hydrogen-bond acceptors (Lipinski definition) is 3. The van der Waals surface area contributed by atoms with Gasteiger partial charge >= 0.3 is 6.18 Å². The van der Waals surface area contributed by atoms with Crippen molar-refractivity contribution in [1.82, 2.24) is 9.97 Å². The molecule has 0 saturated carbocycles. The zero-order valence-electron chi connectivity index (χ0n) is 7.54. The maximum Gasteiger partial charge on any atom is 0.391 e. The average Bonchev–Trinajstić information content (AvgIpc) is 2.02. The fraction of sp³-hybridized carbons (Fsp3) is 0.500. The zero-order chi connectivity index (χ0) is 10.6. The Hall–Kier alpha value is -1.33. The van der Waals surface area contributed by atoms with E-state index in [0.29, 0.717) is 5.82 Å². The van der Waals surface area contributed by atoms with E-state index in [2.05, 4.69) is 15.3 Å². The van der Waals surface area contributed by atoms with Crippen LogP contribution in [0, 0.1) is 0 Å². The molecule has 1 atom stereocenters. The van der Waals surface area contributed by atoms with Gasteiger partial charge in [0.05, 0.1) is 12.6 Å². The number of aromatic nitrogens is 2. The van der Waals surface area contributed by atoms with E-state index in [0.717, 1.165) is 0 Å². The van der Waals surface area contributed by atoms with Crippen molar-refractivity contribution >= 4 is 5.82 Å². The van der Waals surface area contributed by atoms with Gasteiger partial charge in [-0.3, -0.25) is 4.98 Å². The maximum atomic E-state index is 11.9. The van der Waals surface area contributed by atoms with Crippen LogP contribution in [0.25, 0.3) is 0 Å². The lowest BCUT2D eigenvalue weighted by Crippen LogP contribution is -2.24. The van der Waals surface area contributed by atoms with Crippen molar-refractivity contribution in [1.29, 1.82) is 0 Å². The lowest BCUT2D eigenvalue weighted by atomic mass is 10.2. The molecule has 0 bridgehead atoms. The molecule has 3 nitrogen and oxygen atoms in total. The third kappa shape index (κ3) is 4.06. The minimum Gasteiger partial charge on any atom is -0.366 e. The Kier molecular flexibility index (Phi) is 3.27. The van der Waals surface area contributed by atoms with Gasteiger partial charge in [-0.1, -0.05) is 0 Å². The molecule has 0 radical (unpaired) electrons. The summed E-state index contributed by atoms with van der Waals surface area (Å²) in [5.74, 6) is 0.351. The van der Waals surface area contributed by atoms with Gasteiger partial charge < -0.3 is 5.32 Å². The summed E-state index contributed by atoms with van der Waals surface area (Å²) in [6.45, 7) is 1.45. The highest BCUT2D eigenvalue weighted by Gasteiger charge is 2.29. The topological polar surface area (TPSA) is 37.8 Å². The summed E-state index contributed by atoms with van der Waals surface area (Å²) in [6, 6.07) is -0.702. The van der Waals surface area contributed by atoms with E-state index < -0.39 is 18.6 Å². The van der Waals surface area contributed by atoms with Crippen LogP contribution in [-0.4, -0.2) is 22.2 Å². The second kappa shape index (κ2) is 4.26. The first-order chi connectivity index (χ1) is 6.47. The van der Waals surface area contributed by atoms with Crippen molar-refractivity contribution in [2.24, 2.45) is 0 Å². The van der Waals surface area contributed by atoms with Gasteiger partial charge in [0.1, 0.15) is 5.82 Å². The first kappa shape index (κ1) is 10.7. The van der Waals surface area contributed by atoms with Crippen LogP contribution < -0.4 is 5.32 Å². The van der Waals surface area contributed by atoms with Crippen LogP contribution in [0.3, 0.4) is 0 Å². The van der Waals surface area contributed by atoms with Gasteiger partial charge in [-0.15, -0.1) is 0 Å². The fourth-order valence-corrected chi connectivity index (χ4v) is 1.02. The van der Waals surface area contributed by atoms with Crippen molar-refractivity contribution in [2.75, 3.05) is 5.32 Å². The Bertz CT molecular complexity index is 273. The second-order valence-corrected chi connectivity index (χ2v) is 2.96. The molecular weight excluding hydrogens is 195 g/mol. The number of nitrogens with one attached hydrogen (secondary N) is 1. The van der Waals surface area contributed by atoms with Gasteiger partial charge in [0, 0.05) is 18.4 Å². The smallest absolute Gasteiger partial charge is 0.366 e. The first-order valence-corrected chi connectivity index (χ1v) is 4.06. The molecule has 1 heterocycles. The molecule has 14 heavy (non-hydrogen) atoms. The Balaban J connectivity index is 2.46. The highest BCUT2D eigenvalue weighted by Crippen LogP contribution is 2.22. The summed E-state index contributed by atoms with van der Waals surface area (Å²) in [7, 11) is 0. The van der Waals surface area contributed by atoms with Crippen LogP contribution in [0.1, 0.15) is 13.3 Å². The number of anilines is 1. The van der Waals surface area contributed by atoms with E-state index in [1.165, 1.54) is 25.5 Å². The Labute approximate surface area is 79.4 Å². The van der Waals surface area contributed by atoms with Gasteiger partial charge in [0.15, 0.2) is 0 Å². The summed E-state index contributed by atoms with van der Waals surface area (Å²) in [5.41, 5.74) is 0. The van der Waals surface area contributed by atoms with Crippen molar-refractivity contribution in [3.05, 3.63) is 18.6 Å². The second-order valence-electron chi connectivity index (χ2n) is 2.96. The van der Waals surface area contributed by atoms with Crippen molar-refractivity contribution in [3.8, 4) is 0 Å².